The highest BCUT2D eigenvalue weighted by Crippen LogP contribution is 2.30. The van der Waals surface area contributed by atoms with Gasteiger partial charge in [0.1, 0.15) is 24.1 Å². The number of hydrogen-bond donors (Lipinski definition) is 1. The van der Waals surface area contributed by atoms with Gasteiger partial charge in [-0.15, -0.1) is 0 Å². The maximum atomic E-state index is 13.6. The van der Waals surface area contributed by atoms with E-state index in [1.165, 1.54) is 25.3 Å². The van der Waals surface area contributed by atoms with E-state index in [4.69, 9.17) is 19.8 Å². The first-order chi connectivity index (χ1) is 11.5. The van der Waals surface area contributed by atoms with Crippen LogP contribution in [0.3, 0.4) is 0 Å². The first-order valence-corrected chi connectivity index (χ1v) is 6.94. The molecule has 0 bridgehead atoms. The third kappa shape index (κ3) is 4.11. The minimum atomic E-state index is -1.32. The van der Waals surface area contributed by atoms with Crippen LogP contribution in [0.15, 0.2) is 48.0 Å². The zero-order valence-electron chi connectivity index (χ0n) is 12.8. The number of carbonyl (C=O) groups is 1. The minimum Gasteiger partial charge on any atom is -0.493 e. The van der Waals surface area contributed by atoms with Crippen molar-refractivity contribution in [3.63, 3.8) is 0 Å². The quantitative estimate of drug-likeness (QED) is 0.650. The van der Waals surface area contributed by atoms with E-state index >= 15 is 0 Å². The topological polar surface area (TPSA) is 79.5 Å². The van der Waals surface area contributed by atoms with Crippen molar-refractivity contribution in [3.05, 3.63) is 65.0 Å². The van der Waals surface area contributed by atoms with Crippen molar-refractivity contribution in [2.75, 3.05) is 7.11 Å². The summed E-state index contributed by atoms with van der Waals surface area (Å²) in [4.78, 5) is 10.9. The highest BCUT2D eigenvalue weighted by atomic mass is 19.1. The fourth-order valence-electron chi connectivity index (χ4n) is 1.98. The normalized spacial score (nSPS) is 10.8. The van der Waals surface area contributed by atoms with E-state index in [-0.39, 0.29) is 12.4 Å². The van der Waals surface area contributed by atoms with Crippen molar-refractivity contribution < 1.29 is 23.8 Å². The third-order valence-electron chi connectivity index (χ3n) is 3.19. The molecular formula is C18H14FNO4. The number of carboxylic acids is 1. The Balaban J connectivity index is 2.28. The molecule has 0 fully saturated rings. The van der Waals surface area contributed by atoms with E-state index < -0.39 is 11.5 Å². The van der Waals surface area contributed by atoms with E-state index in [0.717, 1.165) is 0 Å². The fourth-order valence-corrected chi connectivity index (χ4v) is 1.98. The maximum Gasteiger partial charge on any atom is 0.346 e. The summed E-state index contributed by atoms with van der Waals surface area (Å²) < 4.78 is 24.4. The molecule has 6 heteroatoms. The zero-order chi connectivity index (χ0) is 17.5. The molecule has 0 amide bonds. The van der Waals surface area contributed by atoms with Crippen molar-refractivity contribution in [1.29, 1.82) is 5.26 Å². The molecule has 2 rings (SSSR count). The van der Waals surface area contributed by atoms with Crippen LogP contribution in [-0.2, 0) is 11.4 Å². The van der Waals surface area contributed by atoms with Crippen LogP contribution in [0.25, 0.3) is 6.08 Å². The van der Waals surface area contributed by atoms with Gasteiger partial charge in [0.05, 0.1) is 7.11 Å². The van der Waals surface area contributed by atoms with Gasteiger partial charge in [-0.3, -0.25) is 0 Å². The number of benzene rings is 2. The van der Waals surface area contributed by atoms with Gasteiger partial charge in [-0.1, -0.05) is 24.3 Å². The molecule has 0 aliphatic rings. The van der Waals surface area contributed by atoms with Gasteiger partial charge in [0.15, 0.2) is 11.5 Å². The predicted octanol–water partition coefficient (Wildman–Crippen LogP) is 3.40. The average molecular weight is 327 g/mol. The lowest BCUT2D eigenvalue weighted by atomic mass is 10.1. The number of rotatable bonds is 6. The molecule has 122 valence electrons. The fraction of sp³-hybridized carbons (Fsp3) is 0.111. The first-order valence-electron chi connectivity index (χ1n) is 6.94. The summed E-state index contributed by atoms with van der Waals surface area (Å²) in [5, 5.41) is 17.7. The van der Waals surface area contributed by atoms with Crippen LogP contribution in [0.1, 0.15) is 11.1 Å². The Hall–Kier alpha value is -3.33. The predicted molar refractivity (Wildman–Crippen MR) is 85.0 cm³/mol. The molecule has 5 nitrogen and oxygen atoms in total. The Kier molecular flexibility index (Phi) is 5.53. The number of nitrogens with zero attached hydrogens (tertiary/aromatic N) is 1. The van der Waals surface area contributed by atoms with Crippen molar-refractivity contribution in [1.82, 2.24) is 0 Å². The number of aliphatic carboxylic acids is 1. The molecule has 0 spiro atoms. The second kappa shape index (κ2) is 7.79. The van der Waals surface area contributed by atoms with E-state index in [1.54, 1.807) is 36.4 Å². The van der Waals surface area contributed by atoms with Gasteiger partial charge in [-0.2, -0.15) is 5.26 Å². The molecule has 0 heterocycles. The van der Waals surface area contributed by atoms with Gasteiger partial charge in [-0.25, -0.2) is 9.18 Å². The van der Waals surface area contributed by atoms with Crippen LogP contribution in [0.2, 0.25) is 0 Å². The summed E-state index contributed by atoms with van der Waals surface area (Å²) in [7, 11) is 1.46. The SMILES string of the molecule is COc1ccc(C=C(C#N)C(=O)O)cc1OCc1ccccc1F. The summed E-state index contributed by atoms with van der Waals surface area (Å²) in [6, 6.07) is 12.5. The van der Waals surface area contributed by atoms with Gasteiger partial charge in [0.25, 0.3) is 0 Å². The Bertz CT molecular complexity index is 824. The van der Waals surface area contributed by atoms with Crippen LogP contribution in [0.5, 0.6) is 11.5 Å². The number of methoxy groups -OCH3 is 1. The van der Waals surface area contributed by atoms with Crippen molar-refractivity contribution in [2.24, 2.45) is 0 Å². The van der Waals surface area contributed by atoms with Gasteiger partial charge in [-0.05, 0) is 29.8 Å². The largest absolute Gasteiger partial charge is 0.493 e. The molecule has 0 unspecified atom stereocenters. The molecule has 0 radical (unpaired) electrons. The molecule has 0 saturated heterocycles. The highest BCUT2D eigenvalue weighted by Gasteiger charge is 2.10. The summed E-state index contributed by atoms with van der Waals surface area (Å²) in [6.45, 7) is -0.0137. The molecular weight excluding hydrogens is 313 g/mol. The number of nitriles is 1. The molecule has 0 saturated carbocycles. The van der Waals surface area contributed by atoms with Gasteiger partial charge in [0.2, 0.25) is 0 Å². The Morgan fingerprint density at radius 2 is 2.04 bits per heavy atom. The number of carboxylic acid groups (broad SMARTS) is 1. The molecule has 2 aromatic rings. The van der Waals surface area contributed by atoms with E-state index in [0.29, 0.717) is 22.6 Å². The lowest BCUT2D eigenvalue weighted by molar-refractivity contribution is -0.132. The lowest BCUT2D eigenvalue weighted by Crippen LogP contribution is -2.01. The highest BCUT2D eigenvalue weighted by molar-refractivity contribution is 5.96. The summed E-state index contributed by atoms with van der Waals surface area (Å²) in [6.07, 6.45) is 1.22. The number of halogens is 1. The Morgan fingerprint density at radius 3 is 2.67 bits per heavy atom. The molecule has 2 aromatic carbocycles. The maximum absolute atomic E-state index is 13.6. The van der Waals surface area contributed by atoms with Crippen molar-refractivity contribution in [2.45, 2.75) is 6.61 Å². The molecule has 24 heavy (non-hydrogen) atoms. The average Bonchev–Trinajstić information content (AvgIpc) is 2.58. The van der Waals surface area contributed by atoms with Crippen LogP contribution in [0, 0.1) is 17.1 Å². The van der Waals surface area contributed by atoms with Crippen molar-refractivity contribution in [3.8, 4) is 17.6 Å². The molecule has 0 aromatic heterocycles. The second-order valence-electron chi connectivity index (χ2n) is 4.77. The Labute approximate surface area is 138 Å². The second-order valence-corrected chi connectivity index (χ2v) is 4.77. The number of ether oxygens (including phenoxy) is 2. The zero-order valence-corrected chi connectivity index (χ0v) is 12.8. The molecule has 0 aliphatic carbocycles. The summed E-state index contributed by atoms with van der Waals surface area (Å²) in [5.74, 6) is -0.971. The van der Waals surface area contributed by atoms with Crippen LogP contribution in [0.4, 0.5) is 4.39 Å². The van der Waals surface area contributed by atoms with Crippen LogP contribution in [-0.4, -0.2) is 18.2 Å². The smallest absolute Gasteiger partial charge is 0.346 e. The molecule has 0 atom stereocenters. The van der Waals surface area contributed by atoms with Gasteiger partial charge < -0.3 is 14.6 Å². The van der Waals surface area contributed by atoms with Crippen molar-refractivity contribution >= 4 is 12.0 Å². The monoisotopic (exact) mass is 327 g/mol. The van der Waals surface area contributed by atoms with E-state index in [1.807, 2.05) is 0 Å². The van der Waals surface area contributed by atoms with Crippen LogP contribution < -0.4 is 9.47 Å². The number of hydrogen-bond acceptors (Lipinski definition) is 4. The van der Waals surface area contributed by atoms with Gasteiger partial charge >= 0.3 is 5.97 Å². The summed E-state index contributed by atoms with van der Waals surface area (Å²) in [5.41, 5.74) is 0.433. The lowest BCUT2D eigenvalue weighted by Gasteiger charge is -2.12. The molecule has 0 aliphatic heterocycles. The Morgan fingerprint density at radius 1 is 1.29 bits per heavy atom. The minimum absolute atomic E-state index is 0.0137. The van der Waals surface area contributed by atoms with Crippen LogP contribution >= 0.6 is 0 Å². The summed E-state index contributed by atoms with van der Waals surface area (Å²) >= 11 is 0. The van der Waals surface area contributed by atoms with Gasteiger partial charge in [0, 0.05) is 5.56 Å². The first kappa shape index (κ1) is 17.0. The molecule has 1 N–H and O–H groups in total. The third-order valence-corrected chi connectivity index (χ3v) is 3.19. The standard InChI is InChI=1S/C18H14FNO4/c1-23-16-7-6-12(8-14(10-20)18(21)22)9-17(16)24-11-13-4-2-3-5-15(13)19/h2-9H,11H2,1H3,(H,21,22). The van der Waals surface area contributed by atoms with E-state index in [9.17, 15) is 9.18 Å². The van der Waals surface area contributed by atoms with E-state index in [2.05, 4.69) is 0 Å².